The van der Waals surface area contributed by atoms with Crippen LogP contribution in [0.15, 0.2) is 29.3 Å². The summed E-state index contributed by atoms with van der Waals surface area (Å²) in [5.41, 5.74) is 1.99. The highest BCUT2D eigenvalue weighted by Gasteiger charge is 2.22. The zero-order chi connectivity index (χ0) is 21.3. The normalized spacial score (nSPS) is 15.6. The minimum atomic E-state index is -0.0654. The molecule has 170 valence electrons. The second-order valence-corrected chi connectivity index (χ2v) is 7.33. The number of carbonyl (C=O) groups excluding carboxylic acids is 1. The van der Waals surface area contributed by atoms with Crippen LogP contribution in [0, 0.1) is 0 Å². The highest BCUT2D eigenvalue weighted by Crippen LogP contribution is 2.14. The van der Waals surface area contributed by atoms with Crippen LogP contribution in [0.3, 0.4) is 0 Å². The molecule has 0 fully saturated rings. The van der Waals surface area contributed by atoms with Crippen molar-refractivity contribution in [1.29, 1.82) is 0 Å². The summed E-state index contributed by atoms with van der Waals surface area (Å²) in [6.45, 7) is 6.25. The molecule has 0 spiro atoms. The van der Waals surface area contributed by atoms with Crippen LogP contribution >= 0.6 is 24.0 Å². The number of amides is 1. The first-order valence-electron chi connectivity index (χ1n) is 10.4. The van der Waals surface area contributed by atoms with E-state index in [1.807, 2.05) is 28.9 Å². The molecule has 0 saturated carbocycles. The van der Waals surface area contributed by atoms with Crippen molar-refractivity contribution in [1.82, 2.24) is 25.4 Å². The van der Waals surface area contributed by atoms with Crippen LogP contribution in [-0.4, -0.2) is 52.9 Å². The molecule has 0 saturated heterocycles. The number of halogens is 1. The predicted octanol–water partition coefficient (Wildman–Crippen LogP) is 2.11. The largest absolute Gasteiger partial charge is 0.377 e. The van der Waals surface area contributed by atoms with Gasteiger partial charge in [0.2, 0.25) is 5.91 Å². The summed E-state index contributed by atoms with van der Waals surface area (Å²) < 4.78 is 7.10. The second kappa shape index (κ2) is 12.6. The number of nitrogens with zero attached hydrogens (tertiary/aromatic N) is 4. The summed E-state index contributed by atoms with van der Waals surface area (Å²) in [6, 6.07) is 8.13. The number of ether oxygens (including phenoxy) is 1. The third-order valence-electron chi connectivity index (χ3n) is 4.81. The molecule has 31 heavy (non-hydrogen) atoms. The van der Waals surface area contributed by atoms with E-state index in [9.17, 15) is 4.79 Å². The third kappa shape index (κ3) is 7.76. The van der Waals surface area contributed by atoms with Gasteiger partial charge in [-0.3, -0.25) is 9.79 Å². The smallest absolute Gasteiger partial charge is 0.221 e. The van der Waals surface area contributed by atoms with Gasteiger partial charge in [0.15, 0.2) is 11.8 Å². The van der Waals surface area contributed by atoms with E-state index >= 15 is 0 Å². The quantitative estimate of drug-likeness (QED) is 0.269. The lowest BCUT2D eigenvalue weighted by Crippen LogP contribution is -2.47. The van der Waals surface area contributed by atoms with Gasteiger partial charge < -0.3 is 20.7 Å². The summed E-state index contributed by atoms with van der Waals surface area (Å²) in [7, 11) is 1.65. The number of nitrogens with one attached hydrogen (secondary N) is 3. The van der Waals surface area contributed by atoms with Gasteiger partial charge in [-0.2, -0.15) is 5.10 Å². The minimum absolute atomic E-state index is 0. The molecule has 2 heterocycles. The van der Waals surface area contributed by atoms with Crippen LogP contribution in [-0.2, 0) is 35.5 Å². The molecule has 1 unspecified atom stereocenters. The van der Waals surface area contributed by atoms with Gasteiger partial charge in [0, 0.05) is 45.3 Å². The summed E-state index contributed by atoms with van der Waals surface area (Å²) >= 11 is 0. The number of rotatable bonds is 8. The molecular formula is C21H32IN7O2. The Labute approximate surface area is 200 Å². The van der Waals surface area contributed by atoms with Gasteiger partial charge in [0.1, 0.15) is 12.4 Å². The van der Waals surface area contributed by atoms with E-state index < -0.39 is 0 Å². The Bertz CT molecular complexity index is 867. The fourth-order valence-electron chi connectivity index (χ4n) is 3.44. The van der Waals surface area contributed by atoms with E-state index in [0.29, 0.717) is 13.2 Å². The monoisotopic (exact) mass is 541 g/mol. The molecule has 1 atom stereocenters. The highest BCUT2D eigenvalue weighted by molar-refractivity contribution is 14.0. The molecule has 3 N–H and O–H groups in total. The zero-order valence-corrected chi connectivity index (χ0v) is 20.7. The number of fused-ring (bicyclic) bond motifs is 1. The Kier molecular flexibility index (Phi) is 10.2. The molecule has 1 aromatic carbocycles. The maximum atomic E-state index is 11.1. The maximum Gasteiger partial charge on any atom is 0.221 e. The SMILES string of the molecule is CCNC(=NCCc1ccc(NC(C)=O)cc1)NC1CCc2nc(COC)nn2C1.I. The lowest BCUT2D eigenvalue weighted by Gasteiger charge is -2.25. The van der Waals surface area contributed by atoms with Crippen LogP contribution in [0.1, 0.15) is 37.5 Å². The number of aryl methyl sites for hydroxylation is 1. The lowest BCUT2D eigenvalue weighted by atomic mass is 10.1. The highest BCUT2D eigenvalue weighted by atomic mass is 127. The second-order valence-electron chi connectivity index (χ2n) is 7.33. The van der Waals surface area contributed by atoms with Crippen LogP contribution in [0.4, 0.5) is 5.69 Å². The Hall–Kier alpha value is -2.21. The molecule has 9 nitrogen and oxygen atoms in total. The van der Waals surface area contributed by atoms with E-state index in [4.69, 9.17) is 9.73 Å². The van der Waals surface area contributed by atoms with Crippen molar-refractivity contribution >= 4 is 41.5 Å². The van der Waals surface area contributed by atoms with Crippen molar-refractivity contribution in [3.63, 3.8) is 0 Å². The number of anilines is 1. The molecule has 1 amide bonds. The van der Waals surface area contributed by atoms with Crippen molar-refractivity contribution in [2.45, 2.75) is 52.3 Å². The molecule has 3 rings (SSSR count). The lowest BCUT2D eigenvalue weighted by molar-refractivity contribution is -0.114. The standard InChI is InChI=1S/C21H31N7O2.HI/c1-4-22-21(23-12-11-16-5-7-17(8-6-16)24-15(2)29)25-18-9-10-20-26-19(14-30-3)27-28(20)13-18;/h5-8,18H,4,9-14H2,1-3H3,(H,24,29)(H2,22,23,25);1H. The molecule has 0 aliphatic carbocycles. The van der Waals surface area contributed by atoms with Crippen molar-refractivity contribution in [2.24, 2.45) is 4.99 Å². The number of guanidine groups is 1. The van der Waals surface area contributed by atoms with Crippen LogP contribution in [0.25, 0.3) is 0 Å². The zero-order valence-electron chi connectivity index (χ0n) is 18.4. The Morgan fingerprint density at radius 1 is 1.32 bits per heavy atom. The topological polar surface area (TPSA) is 105 Å². The first kappa shape index (κ1) is 25.1. The number of hydrogen-bond donors (Lipinski definition) is 3. The number of aromatic nitrogens is 3. The van der Waals surface area contributed by atoms with Gasteiger partial charge in [0.25, 0.3) is 0 Å². The molecule has 2 aromatic rings. The van der Waals surface area contributed by atoms with E-state index in [-0.39, 0.29) is 35.9 Å². The van der Waals surface area contributed by atoms with E-state index in [1.165, 1.54) is 12.5 Å². The fourth-order valence-corrected chi connectivity index (χ4v) is 3.44. The first-order valence-corrected chi connectivity index (χ1v) is 10.4. The molecule has 1 aliphatic rings. The van der Waals surface area contributed by atoms with Gasteiger partial charge in [0.05, 0.1) is 6.54 Å². The number of carbonyl (C=O) groups is 1. The molecule has 10 heteroatoms. The molecular weight excluding hydrogens is 509 g/mol. The minimum Gasteiger partial charge on any atom is -0.377 e. The van der Waals surface area contributed by atoms with Crippen molar-refractivity contribution in [3.8, 4) is 0 Å². The van der Waals surface area contributed by atoms with E-state index in [0.717, 1.165) is 55.6 Å². The Morgan fingerprint density at radius 3 is 2.77 bits per heavy atom. The van der Waals surface area contributed by atoms with Crippen LogP contribution in [0.2, 0.25) is 0 Å². The molecule has 0 radical (unpaired) electrons. The maximum absolute atomic E-state index is 11.1. The summed E-state index contributed by atoms with van der Waals surface area (Å²) in [5.74, 6) is 2.50. The molecule has 0 bridgehead atoms. The number of aliphatic imine (C=N–C) groups is 1. The summed E-state index contributed by atoms with van der Waals surface area (Å²) in [4.78, 5) is 20.4. The summed E-state index contributed by atoms with van der Waals surface area (Å²) in [6.07, 6.45) is 2.70. The number of hydrogen-bond acceptors (Lipinski definition) is 5. The Morgan fingerprint density at radius 2 is 2.10 bits per heavy atom. The fraction of sp³-hybridized carbons (Fsp3) is 0.524. The predicted molar refractivity (Wildman–Crippen MR) is 132 cm³/mol. The Balaban J connectivity index is 0.00000341. The summed E-state index contributed by atoms with van der Waals surface area (Å²) in [5, 5.41) is 14.2. The van der Waals surface area contributed by atoms with Crippen molar-refractivity contribution in [2.75, 3.05) is 25.5 Å². The van der Waals surface area contributed by atoms with Gasteiger partial charge in [-0.05, 0) is 37.5 Å². The van der Waals surface area contributed by atoms with Gasteiger partial charge >= 0.3 is 0 Å². The van der Waals surface area contributed by atoms with Crippen molar-refractivity contribution < 1.29 is 9.53 Å². The van der Waals surface area contributed by atoms with Crippen molar-refractivity contribution in [3.05, 3.63) is 41.5 Å². The van der Waals surface area contributed by atoms with Crippen LogP contribution in [0.5, 0.6) is 0 Å². The average molecular weight is 541 g/mol. The first-order chi connectivity index (χ1) is 14.6. The molecule has 1 aliphatic heterocycles. The van der Waals surface area contributed by atoms with Crippen LogP contribution < -0.4 is 16.0 Å². The average Bonchev–Trinajstić information content (AvgIpc) is 3.11. The van der Waals surface area contributed by atoms with E-state index in [2.05, 4.69) is 33.0 Å². The van der Waals surface area contributed by atoms with Gasteiger partial charge in [-0.25, -0.2) is 9.67 Å². The van der Waals surface area contributed by atoms with E-state index in [1.54, 1.807) is 7.11 Å². The number of benzene rings is 1. The van der Waals surface area contributed by atoms with Gasteiger partial charge in [-0.15, -0.1) is 24.0 Å². The number of methoxy groups -OCH3 is 1. The third-order valence-corrected chi connectivity index (χ3v) is 4.81. The van der Waals surface area contributed by atoms with Gasteiger partial charge in [-0.1, -0.05) is 12.1 Å². The molecule has 1 aromatic heterocycles.